The Bertz CT molecular complexity index is 326. The van der Waals surface area contributed by atoms with Crippen LogP contribution in [-0.4, -0.2) is 0 Å². The van der Waals surface area contributed by atoms with E-state index in [1.165, 1.54) is 27.8 Å². The molecular formula is C18H29Cl3HfTi. The van der Waals surface area contributed by atoms with Crippen molar-refractivity contribution in [3.05, 3.63) is 80.4 Å². The summed E-state index contributed by atoms with van der Waals surface area (Å²) in [6.07, 6.45) is 0. The van der Waals surface area contributed by atoms with Gasteiger partial charge in [0.25, 0.3) is 0 Å². The molecule has 0 aromatic heterocycles. The van der Waals surface area contributed by atoms with Crippen molar-refractivity contribution in [1.29, 1.82) is 0 Å². The SMILES string of the molecule is Cc1c(C)c(C)[c-](C)c1C.[CH3-].[CH3-].[CH3-].[Cl-].[Cl-].[Cl-].[Hf+4].[Ti+4].c1cc[cH-]c1. The Kier molecular flexibility index (Phi) is 54.8. The molecule has 0 saturated carbocycles. The Morgan fingerprint density at radius 3 is 1.09 bits per heavy atom. The van der Waals surface area contributed by atoms with E-state index in [9.17, 15) is 0 Å². The summed E-state index contributed by atoms with van der Waals surface area (Å²) in [5.41, 5.74) is 7.34. The monoisotopic (exact) mass is 578 g/mol. The Morgan fingerprint density at radius 1 is 0.739 bits per heavy atom. The summed E-state index contributed by atoms with van der Waals surface area (Å²) in [7, 11) is 0. The van der Waals surface area contributed by atoms with Gasteiger partial charge < -0.3 is 59.5 Å². The predicted octanol–water partition coefficient (Wildman–Crippen LogP) is -3.29. The summed E-state index contributed by atoms with van der Waals surface area (Å²) in [6.45, 7) is 11.0. The van der Waals surface area contributed by atoms with Crippen LogP contribution in [0.25, 0.3) is 0 Å². The molecular weight excluding hydrogens is 549 g/mol. The molecule has 0 aliphatic heterocycles. The van der Waals surface area contributed by atoms with Gasteiger partial charge in [-0.15, -0.1) is 0 Å². The molecule has 0 aliphatic rings. The first-order valence-electron chi connectivity index (χ1n) is 5.42. The zero-order valence-electron chi connectivity index (χ0n) is 15.5. The van der Waals surface area contributed by atoms with Gasteiger partial charge >= 0.3 is 47.6 Å². The molecule has 2 aromatic rings. The molecule has 2 rings (SSSR count). The topological polar surface area (TPSA) is 0 Å². The van der Waals surface area contributed by atoms with Crippen LogP contribution in [0.2, 0.25) is 0 Å². The second-order valence-electron chi connectivity index (χ2n) is 4.09. The van der Waals surface area contributed by atoms with Gasteiger partial charge in [0.1, 0.15) is 0 Å². The van der Waals surface area contributed by atoms with E-state index in [0.29, 0.717) is 0 Å². The standard InChI is InChI=1S/C10H15.C5H5.3CH3.3ClH.Hf.Ti/c1-6-7(2)9(4)10(5)8(6)3;1-2-4-5-3-1;;;;;;;;/h1-5H3;1-5H;3*1H3;3*1H;;/q5*-1;;;;2*+4/p-3. The van der Waals surface area contributed by atoms with E-state index in [1.54, 1.807) is 0 Å². The van der Waals surface area contributed by atoms with Crippen LogP contribution in [0.4, 0.5) is 0 Å². The summed E-state index contributed by atoms with van der Waals surface area (Å²) in [5.74, 6) is 0. The molecule has 2 aromatic carbocycles. The molecule has 0 nitrogen and oxygen atoms in total. The maximum atomic E-state index is 2.20. The first-order valence-corrected chi connectivity index (χ1v) is 5.42. The molecule has 0 amide bonds. The minimum atomic E-state index is 0. The molecule has 0 heterocycles. The fraction of sp³-hybridized carbons (Fsp3) is 0.278. The molecule has 0 radical (unpaired) electrons. The molecule has 0 bridgehead atoms. The van der Waals surface area contributed by atoms with E-state index < -0.39 is 0 Å². The van der Waals surface area contributed by atoms with Crippen LogP contribution >= 0.6 is 0 Å². The average molecular weight is 578 g/mol. The first-order chi connectivity index (χ1) is 7.05. The van der Waals surface area contributed by atoms with Gasteiger partial charge in [0.2, 0.25) is 0 Å². The van der Waals surface area contributed by atoms with Crippen LogP contribution in [-0.2, 0) is 47.6 Å². The molecule has 0 spiro atoms. The minimum Gasteiger partial charge on any atom is -1.00 e. The summed E-state index contributed by atoms with van der Waals surface area (Å²) in [4.78, 5) is 0. The second-order valence-corrected chi connectivity index (χ2v) is 4.09. The Hall–Kier alpha value is 1.15. The minimum absolute atomic E-state index is 0. The maximum Gasteiger partial charge on any atom is 4.00 e. The van der Waals surface area contributed by atoms with Crippen molar-refractivity contribution in [2.75, 3.05) is 0 Å². The predicted molar refractivity (Wildman–Crippen MR) is 87.0 cm³/mol. The van der Waals surface area contributed by atoms with Crippen LogP contribution in [0.5, 0.6) is 0 Å². The fourth-order valence-corrected chi connectivity index (χ4v) is 1.73. The van der Waals surface area contributed by atoms with Crippen LogP contribution in [0.3, 0.4) is 0 Å². The molecule has 0 N–H and O–H groups in total. The molecule has 0 aliphatic carbocycles. The van der Waals surface area contributed by atoms with E-state index >= 15 is 0 Å². The molecule has 0 unspecified atom stereocenters. The zero-order valence-corrected chi connectivity index (χ0v) is 22.9. The van der Waals surface area contributed by atoms with Crippen LogP contribution in [0.1, 0.15) is 27.8 Å². The number of halogens is 3. The summed E-state index contributed by atoms with van der Waals surface area (Å²) in [6, 6.07) is 10.0. The van der Waals surface area contributed by atoms with Crippen molar-refractivity contribution >= 4 is 0 Å². The first kappa shape index (κ1) is 49.6. The Labute approximate surface area is 198 Å². The number of rotatable bonds is 0. The van der Waals surface area contributed by atoms with Crippen molar-refractivity contribution in [2.45, 2.75) is 34.6 Å². The van der Waals surface area contributed by atoms with Gasteiger partial charge in [-0.2, -0.15) is 46.0 Å². The van der Waals surface area contributed by atoms with Gasteiger partial charge in [-0.25, -0.2) is 12.1 Å². The Balaban J connectivity index is -0.0000000262. The third kappa shape index (κ3) is 15.1. The van der Waals surface area contributed by atoms with Gasteiger partial charge in [0, 0.05) is 0 Å². The van der Waals surface area contributed by atoms with Gasteiger partial charge in [-0.1, -0.05) is 34.6 Å². The van der Waals surface area contributed by atoms with Crippen molar-refractivity contribution < 1.29 is 84.8 Å². The van der Waals surface area contributed by atoms with Crippen LogP contribution in [0.15, 0.2) is 30.3 Å². The Morgan fingerprint density at radius 2 is 1.00 bits per heavy atom. The van der Waals surface area contributed by atoms with Crippen molar-refractivity contribution in [2.24, 2.45) is 0 Å². The fourth-order valence-electron chi connectivity index (χ4n) is 1.73. The van der Waals surface area contributed by atoms with Crippen molar-refractivity contribution in [3.63, 3.8) is 0 Å². The third-order valence-corrected chi connectivity index (χ3v) is 3.37. The van der Waals surface area contributed by atoms with Crippen molar-refractivity contribution in [3.8, 4) is 0 Å². The van der Waals surface area contributed by atoms with E-state index in [0.717, 1.165) is 0 Å². The van der Waals surface area contributed by atoms with E-state index in [1.807, 2.05) is 30.3 Å². The zero-order chi connectivity index (χ0) is 11.4. The summed E-state index contributed by atoms with van der Waals surface area (Å²) in [5, 5.41) is 0. The van der Waals surface area contributed by atoms with Gasteiger partial charge in [-0.3, -0.25) is 0 Å². The maximum absolute atomic E-state index is 2.20. The molecule has 0 saturated heterocycles. The normalized spacial score (nSPS) is 6.30. The third-order valence-electron chi connectivity index (χ3n) is 3.37. The van der Waals surface area contributed by atoms with Gasteiger partial charge in [-0.05, 0) is 0 Å². The number of hydrogen-bond acceptors (Lipinski definition) is 0. The van der Waals surface area contributed by atoms with Crippen LogP contribution < -0.4 is 37.2 Å². The molecule has 0 atom stereocenters. The molecule has 5 heteroatoms. The summed E-state index contributed by atoms with van der Waals surface area (Å²) < 4.78 is 0. The quantitative estimate of drug-likeness (QED) is 0.228. The van der Waals surface area contributed by atoms with E-state index in [4.69, 9.17) is 0 Å². The van der Waals surface area contributed by atoms with Crippen molar-refractivity contribution in [1.82, 2.24) is 0 Å². The summed E-state index contributed by atoms with van der Waals surface area (Å²) >= 11 is 0. The molecule has 130 valence electrons. The molecule has 0 fully saturated rings. The van der Waals surface area contributed by atoms with E-state index in [-0.39, 0.29) is 107 Å². The van der Waals surface area contributed by atoms with Gasteiger partial charge in [0.15, 0.2) is 0 Å². The molecule has 23 heavy (non-hydrogen) atoms. The second kappa shape index (κ2) is 25.4. The smallest absolute Gasteiger partial charge is 1.00 e. The number of hydrogen-bond donors (Lipinski definition) is 0. The van der Waals surface area contributed by atoms with Gasteiger partial charge in [0.05, 0.1) is 0 Å². The largest absolute Gasteiger partial charge is 4.00 e. The average Bonchev–Trinajstić information content (AvgIpc) is 2.86. The van der Waals surface area contributed by atoms with E-state index in [2.05, 4.69) is 34.6 Å². The van der Waals surface area contributed by atoms with Crippen LogP contribution in [0, 0.1) is 56.9 Å².